The summed E-state index contributed by atoms with van der Waals surface area (Å²) in [4.78, 5) is 12.6. The minimum atomic E-state index is -0.584. The maximum atomic E-state index is 12.6. The maximum Gasteiger partial charge on any atom is 0.265 e. The number of amides is 1. The van der Waals surface area contributed by atoms with Crippen molar-refractivity contribution in [2.75, 3.05) is 5.32 Å². The van der Waals surface area contributed by atoms with E-state index in [0.29, 0.717) is 17.2 Å². The van der Waals surface area contributed by atoms with E-state index < -0.39 is 6.10 Å². The standard InChI is InChI=1S/C19H22ClNO2/c1-4-14-10-8-9-13(3)18(14)21-19(22)16(5-2)23-17-12-7-6-11-15(17)20/h6-12,16H,4-5H2,1-3H3,(H,21,22)/t16-/m1/s1. The largest absolute Gasteiger partial charge is 0.479 e. The molecule has 2 aromatic rings. The Morgan fingerprint density at radius 1 is 1.17 bits per heavy atom. The molecule has 0 bridgehead atoms. The Labute approximate surface area is 142 Å². The van der Waals surface area contributed by atoms with Gasteiger partial charge in [-0.15, -0.1) is 0 Å². The lowest BCUT2D eigenvalue weighted by Gasteiger charge is -2.20. The minimum absolute atomic E-state index is 0.156. The molecule has 1 amide bonds. The number of hydrogen-bond acceptors (Lipinski definition) is 2. The van der Waals surface area contributed by atoms with Crippen LogP contribution in [0.25, 0.3) is 0 Å². The highest BCUT2D eigenvalue weighted by atomic mass is 35.5. The SMILES string of the molecule is CCc1cccc(C)c1NC(=O)[C@@H](CC)Oc1ccccc1Cl. The molecule has 0 saturated heterocycles. The summed E-state index contributed by atoms with van der Waals surface area (Å²) < 4.78 is 5.80. The van der Waals surface area contributed by atoms with Crippen LogP contribution in [0.2, 0.25) is 5.02 Å². The lowest BCUT2D eigenvalue weighted by atomic mass is 10.1. The number of carbonyl (C=O) groups is 1. The lowest BCUT2D eigenvalue weighted by Crippen LogP contribution is -2.33. The van der Waals surface area contributed by atoms with Gasteiger partial charge in [0.15, 0.2) is 6.10 Å². The van der Waals surface area contributed by atoms with Gasteiger partial charge in [0.2, 0.25) is 0 Å². The Kier molecular flexibility index (Phi) is 6.05. The summed E-state index contributed by atoms with van der Waals surface area (Å²) in [6, 6.07) is 13.2. The van der Waals surface area contributed by atoms with Gasteiger partial charge in [0.1, 0.15) is 5.75 Å². The Hall–Kier alpha value is -2.00. The molecular formula is C19H22ClNO2. The number of benzene rings is 2. The van der Waals surface area contributed by atoms with E-state index in [4.69, 9.17) is 16.3 Å². The molecular weight excluding hydrogens is 310 g/mol. The van der Waals surface area contributed by atoms with Gasteiger partial charge >= 0.3 is 0 Å². The van der Waals surface area contributed by atoms with Crippen LogP contribution < -0.4 is 10.1 Å². The first-order chi connectivity index (χ1) is 11.1. The molecule has 1 atom stereocenters. The molecule has 122 valence electrons. The van der Waals surface area contributed by atoms with Crippen LogP contribution in [-0.2, 0) is 11.2 Å². The van der Waals surface area contributed by atoms with E-state index in [9.17, 15) is 4.79 Å². The van der Waals surface area contributed by atoms with E-state index in [0.717, 1.165) is 23.2 Å². The van der Waals surface area contributed by atoms with Crippen LogP contribution >= 0.6 is 11.6 Å². The molecule has 0 aromatic heterocycles. The number of anilines is 1. The van der Waals surface area contributed by atoms with Gasteiger partial charge in [0, 0.05) is 5.69 Å². The molecule has 0 heterocycles. The maximum absolute atomic E-state index is 12.6. The number of halogens is 1. The van der Waals surface area contributed by atoms with Gasteiger partial charge in [0.25, 0.3) is 5.91 Å². The number of para-hydroxylation sites is 2. The molecule has 0 fully saturated rings. The second kappa shape index (κ2) is 8.02. The fraction of sp³-hybridized carbons (Fsp3) is 0.316. The normalized spacial score (nSPS) is 11.8. The third-order valence-electron chi connectivity index (χ3n) is 3.76. The number of ether oxygens (including phenoxy) is 1. The lowest BCUT2D eigenvalue weighted by molar-refractivity contribution is -0.122. The van der Waals surface area contributed by atoms with E-state index in [1.807, 2.05) is 44.2 Å². The molecule has 1 N–H and O–H groups in total. The molecule has 0 unspecified atom stereocenters. The Morgan fingerprint density at radius 2 is 1.91 bits per heavy atom. The Bertz CT molecular complexity index is 685. The summed E-state index contributed by atoms with van der Waals surface area (Å²) in [7, 11) is 0. The van der Waals surface area contributed by atoms with Crippen molar-refractivity contribution in [2.24, 2.45) is 0 Å². The monoisotopic (exact) mass is 331 g/mol. The highest BCUT2D eigenvalue weighted by Crippen LogP contribution is 2.26. The fourth-order valence-corrected chi connectivity index (χ4v) is 2.60. The second-order valence-electron chi connectivity index (χ2n) is 5.40. The van der Waals surface area contributed by atoms with Crippen molar-refractivity contribution in [3.8, 4) is 5.75 Å². The second-order valence-corrected chi connectivity index (χ2v) is 5.80. The average Bonchev–Trinajstić information content (AvgIpc) is 2.55. The van der Waals surface area contributed by atoms with Crippen LogP contribution in [-0.4, -0.2) is 12.0 Å². The third-order valence-corrected chi connectivity index (χ3v) is 4.07. The van der Waals surface area contributed by atoms with E-state index >= 15 is 0 Å². The highest BCUT2D eigenvalue weighted by Gasteiger charge is 2.21. The van der Waals surface area contributed by atoms with Crippen LogP contribution in [0.4, 0.5) is 5.69 Å². The Balaban J connectivity index is 2.17. The summed E-state index contributed by atoms with van der Waals surface area (Å²) in [6.45, 7) is 5.98. The van der Waals surface area contributed by atoms with Crippen molar-refractivity contribution in [1.82, 2.24) is 0 Å². The molecule has 2 aromatic carbocycles. The van der Waals surface area contributed by atoms with Crippen molar-refractivity contribution < 1.29 is 9.53 Å². The van der Waals surface area contributed by atoms with Crippen LogP contribution in [0.5, 0.6) is 5.75 Å². The summed E-state index contributed by atoms with van der Waals surface area (Å²) in [6.07, 6.45) is 0.836. The van der Waals surface area contributed by atoms with Gasteiger partial charge in [0.05, 0.1) is 5.02 Å². The fourth-order valence-electron chi connectivity index (χ4n) is 2.42. The van der Waals surface area contributed by atoms with Crippen LogP contribution in [0.15, 0.2) is 42.5 Å². The van der Waals surface area contributed by atoms with E-state index in [2.05, 4.69) is 12.2 Å². The topological polar surface area (TPSA) is 38.3 Å². The molecule has 0 aliphatic heterocycles. The highest BCUT2D eigenvalue weighted by molar-refractivity contribution is 6.32. The van der Waals surface area contributed by atoms with Gasteiger partial charge in [-0.25, -0.2) is 0 Å². The molecule has 4 heteroatoms. The molecule has 23 heavy (non-hydrogen) atoms. The first kappa shape index (κ1) is 17.4. The molecule has 0 radical (unpaired) electrons. The number of carbonyl (C=O) groups excluding carboxylic acids is 1. The molecule has 0 saturated carbocycles. The van der Waals surface area contributed by atoms with E-state index in [1.165, 1.54) is 0 Å². The van der Waals surface area contributed by atoms with E-state index in [1.54, 1.807) is 12.1 Å². The molecule has 2 rings (SSSR count). The molecule has 0 spiro atoms. The average molecular weight is 332 g/mol. The zero-order valence-electron chi connectivity index (χ0n) is 13.7. The third kappa shape index (κ3) is 4.26. The van der Waals surface area contributed by atoms with Gasteiger partial charge in [-0.3, -0.25) is 4.79 Å². The van der Waals surface area contributed by atoms with Crippen LogP contribution in [0.3, 0.4) is 0 Å². The van der Waals surface area contributed by atoms with Gasteiger partial charge in [-0.05, 0) is 43.0 Å². The number of nitrogens with one attached hydrogen (secondary N) is 1. The summed E-state index contributed by atoms with van der Waals surface area (Å²) in [5, 5.41) is 3.52. The van der Waals surface area contributed by atoms with Gasteiger partial charge in [-0.2, -0.15) is 0 Å². The summed E-state index contributed by atoms with van der Waals surface area (Å²) in [5.41, 5.74) is 3.04. The summed E-state index contributed by atoms with van der Waals surface area (Å²) in [5.74, 6) is 0.369. The van der Waals surface area contributed by atoms with Gasteiger partial charge < -0.3 is 10.1 Å². The minimum Gasteiger partial charge on any atom is -0.479 e. The smallest absolute Gasteiger partial charge is 0.265 e. The van der Waals surface area contributed by atoms with Crippen LogP contribution in [0, 0.1) is 6.92 Å². The van der Waals surface area contributed by atoms with Crippen molar-refractivity contribution in [3.05, 3.63) is 58.6 Å². The first-order valence-corrected chi connectivity index (χ1v) is 8.25. The molecule has 0 aliphatic rings. The van der Waals surface area contributed by atoms with Crippen molar-refractivity contribution in [1.29, 1.82) is 0 Å². The number of hydrogen-bond donors (Lipinski definition) is 1. The molecule has 3 nitrogen and oxygen atoms in total. The predicted molar refractivity (Wildman–Crippen MR) is 95.3 cm³/mol. The van der Waals surface area contributed by atoms with Crippen molar-refractivity contribution in [3.63, 3.8) is 0 Å². The number of rotatable bonds is 6. The zero-order chi connectivity index (χ0) is 16.8. The first-order valence-electron chi connectivity index (χ1n) is 7.87. The van der Waals surface area contributed by atoms with Crippen molar-refractivity contribution >= 4 is 23.2 Å². The Morgan fingerprint density at radius 3 is 2.57 bits per heavy atom. The quantitative estimate of drug-likeness (QED) is 0.808. The zero-order valence-corrected chi connectivity index (χ0v) is 14.5. The van der Waals surface area contributed by atoms with Crippen molar-refractivity contribution in [2.45, 2.75) is 39.7 Å². The van der Waals surface area contributed by atoms with E-state index in [-0.39, 0.29) is 5.91 Å². The summed E-state index contributed by atoms with van der Waals surface area (Å²) >= 11 is 6.11. The molecule has 0 aliphatic carbocycles. The number of aryl methyl sites for hydroxylation is 2. The van der Waals surface area contributed by atoms with Gasteiger partial charge in [-0.1, -0.05) is 55.8 Å². The predicted octanol–water partition coefficient (Wildman–Crippen LogP) is 5.01. The van der Waals surface area contributed by atoms with Crippen LogP contribution in [0.1, 0.15) is 31.4 Å².